The van der Waals surface area contributed by atoms with Crippen molar-refractivity contribution in [3.63, 3.8) is 0 Å². The van der Waals surface area contributed by atoms with Crippen LogP contribution >= 0.6 is 0 Å². The lowest BCUT2D eigenvalue weighted by Gasteiger charge is -2.11. The molecule has 0 aliphatic heterocycles. The van der Waals surface area contributed by atoms with Crippen molar-refractivity contribution < 1.29 is 27.5 Å². The molecule has 1 amide bonds. The van der Waals surface area contributed by atoms with Gasteiger partial charge in [-0.15, -0.1) is 0 Å². The summed E-state index contributed by atoms with van der Waals surface area (Å²) in [5.41, 5.74) is 1.79. The SMILES string of the molecule is Cc1cc(C(=O)NCc2ccc(OCC(F)(F)F)nc2C)nc(CC(=O)C2CC2)n1. The lowest BCUT2D eigenvalue weighted by atomic mass is 10.2. The van der Waals surface area contributed by atoms with Crippen molar-refractivity contribution in [2.45, 2.75) is 45.8 Å². The van der Waals surface area contributed by atoms with Crippen LogP contribution in [0.1, 0.15) is 46.1 Å². The number of carbonyl (C=O) groups is 2. The van der Waals surface area contributed by atoms with Crippen molar-refractivity contribution in [2.75, 3.05) is 6.61 Å². The molecule has 10 heteroatoms. The zero-order chi connectivity index (χ0) is 21.9. The average molecular weight is 422 g/mol. The van der Waals surface area contributed by atoms with Crippen LogP contribution in [0, 0.1) is 19.8 Å². The number of hydrogen-bond acceptors (Lipinski definition) is 6. The quantitative estimate of drug-likeness (QED) is 0.703. The highest BCUT2D eigenvalue weighted by Gasteiger charge is 2.30. The first-order chi connectivity index (χ1) is 14.1. The molecule has 30 heavy (non-hydrogen) atoms. The monoisotopic (exact) mass is 422 g/mol. The summed E-state index contributed by atoms with van der Waals surface area (Å²) in [4.78, 5) is 36.9. The molecule has 0 spiro atoms. The van der Waals surface area contributed by atoms with E-state index in [-0.39, 0.29) is 36.2 Å². The summed E-state index contributed by atoms with van der Waals surface area (Å²) < 4.78 is 41.3. The van der Waals surface area contributed by atoms with Crippen LogP contribution in [0.4, 0.5) is 13.2 Å². The van der Waals surface area contributed by atoms with E-state index in [0.717, 1.165) is 12.8 Å². The van der Waals surface area contributed by atoms with Crippen LogP contribution in [0.2, 0.25) is 0 Å². The third-order valence-electron chi connectivity index (χ3n) is 4.49. The van der Waals surface area contributed by atoms with Crippen LogP contribution < -0.4 is 10.1 Å². The lowest BCUT2D eigenvalue weighted by molar-refractivity contribution is -0.154. The van der Waals surface area contributed by atoms with Gasteiger partial charge in [-0.2, -0.15) is 13.2 Å². The second-order valence-corrected chi connectivity index (χ2v) is 7.21. The van der Waals surface area contributed by atoms with Gasteiger partial charge in [0.2, 0.25) is 5.88 Å². The summed E-state index contributed by atoms with van der Waals surface area (Å²) in [7, 11) is 0. The number of aromatic nitrogens is 3. The van der Waals surface area contributed by atoms with E-state index in [1.165, 1.54) is 12.1 Å². The smallest absolute Gasteiger partial charge is 0.422 e. The Kier molecular flexibility index (Phi) is 6.33. The lowest BCUT2D eigenvalue weighted by Crippen LogP contribution is -2.25. The van der Waals surface area contributed by atoms with Gasteiger partial charge < -0.3 is 10.1 Å². The van der Waals surface area contributed by atoms with Gasteiger partial charge in [-0.05, 0) is 38.3 Å². The summed E-state index contributed by atoms with van der Waals surface area (Å²) >= 11 is 0. The van der Waals surface area contributed by atoms with E-state index in [0.29, 0.717) is 22.8 Å². The highest BCUT2D eigenvalue weighted by atomic mass is 19.4. The topological polar surface area (TPSA) is 94.1 Å². The van der Waals surface area contributed by atoms with Crippen molar-refractivity contribution in [1.29, 1.82) is 0 Å². The second kappa shape index (κ2) is 8.76. The molecule has 7 nitrogen and oxygen atoms in total. The maximum absolute atomic E-state index is 12.5. The molecule has 3 rings (SSSR count). The molecule has 0 bridgehead atoms. The molecule has 2 aromatic heterocycles. The molecule has 2 aromatic rings. The maximum atomic E-state index is 12.5. The molecular formula is C20H21F3N4O3. The molecular weight excluding hydrogens is 401 g/mol. The summed E-state index contributed by atoms with van der Waals surface area (Å²) in [6, 6.07) is 4.38. The Hall–Kier alpha value is -3.04. The van der Waals surface area contributed by atoms with E-state index in [1.54, 1.807) is 19.9 Å². The van der Waals surface area contributed by atoms with Gasteiger partial charge in [0.15, 0.2) is 6.61 Å². The summed E-state index contributed by atoms with van der Waals surface area (Å²) in [5, 5.41) is 2.70. The fourth-order valence-corrected chi connectivity index (χ4v) is 2.79. The number of nitrogens with zero attached hydrogens (tertiary/aromatic N) is 3. The Bertz CT molecular complexity index is 959. The van der Waals surface area contributed by atoms with E-state index < -0.39 is 18.7 Å². The third kappa shape index (κ3) is 6.23. The first-order valence-electron chi connectivity index (χ1n) is 9.42. The van der Waals surface area contributed by atoms with Gasteiger partial charge in [-0.1, -0.05) is 6.07 Å². The molecule has 1 N–H and O–H groups in total. The minimum atomic E-state index is -4.44. The number of ketones is 1. The van der Waals surface area contributed by atoms with E-state index >= 15 is 0 Å². The number of halogens is 3. The number of carbonyl (C=O) groups excluding carboxylic acids is 2. The molecule has 0 radical (unpaired) electrons. The number of rotatable bonds is 8. The number of hydrogen-bond donors (Lipinski definition) is 1. The standard InChI is InChI=1S/C20H21F3N4O3/c1-11-7-15(27-17(25-11)8-16(28)13-3-4-13)19(29)24-9-14-5-6-18(26-12(14)2)30-10-20(21,22)23/h5-7,13H,3-4,8-10H2,1-2H3,(H,24,29). The van der Waals surface area contributed by atoms with Crippen molar-refractivity contribution in [3.8, 4) is 5.88 Å². The molecule has 0 atom stereocenters. The molecule has 2 heterocycles. The van der Waals surface area contributed by atoms with Crippen LogP contribution in [0.3, 0.4) is 0 Å². The van der Waals surface area contributed by atoms with Crippen molar-refractivity contribution in [2.24, 2.45) is 5.92 Å². The van der Waals surface area contributed by atoms with Crippen LogP contribution in [-0.2, 0) is 17.8 Å². The van der Waals surface area contributed by atoms with E-state index in [2.05, 4.69) is 25.0 Å². The number of alkyl halides is 3. The normalized spacial score (nSPS) is 13.8. The van der Waals surface area contributed by atoms with Crippen LogP contribution in [-0.4, -0.2) is 39.4 Å². The number of Topliss-reactive ketones (excluding diaryl/α,β-unsaturated/α-hetero) is 1. The van der Waals surface area contributed by atoms with Crippen LogP contribution in [0.15, 0.2) is 18.2 Å². The van der Waals surface area contributed by atoms with E-state index in [1.807, 2.05) is 0 Å². The Balaban J connectivity index is 1.61. The Labute approximate surface area is 171 Å². The fourth-order valence-electron chi connectivity index (χ4n) is 2.79. The third-order valence-corrected chi connectivity index (χ3v) is 4.49. The molecule has 1 saturated carbocycles. The van der Waals surface area contributed by atoms with Gasteiger partial charge in [0, 0.05) is 29.9 Å². The van der Waals surface area contributed by atoms with Gasteiger partial charge >= 0.3 is 6.18 Å². The van der Waals surface area contributed by atoms with Gasteiger partial charge in [0.1, 0.15) is 17.3 Å². The number of aryl methyl sites for hydroxylation is 2. The number of ether oxygens (including phenoxy) is 1. The number of amides is 1. The van der Waals surface area contributed by atoms with Gasteiger partial charge in [-0.25, -0.2) is 15.0 Å². The van der Waals surface area contributed by atoms with E-state index in [9.17, 15) is 22.8 Å². The molecule has 0 aromatic carbocycles. The first-order valence-corrected chi connectivity index (χ1v) is 9.42. The van der Waals surface area contributed by atoms with Crippen molar-refractivity contribution in [1.82, 2.24) is 20.3 Å². The molecule has 1 fully saturated rings. The predicted octanol–water partition coefficient (Wildman–Crippen LogP) is 2.88. The predicted molar refractivity (Wildman–Crippen MR) is 99.9 cm³/mol. The second-order valence-electron chi connectivity index (χ2n) is 7.21. The van der Waals surface area contributed by atoms with Crippen LogP contribution in [0.25, 0.3) is 0 Å². The maximum Gasteiger partial charge on any atom is 0.422 e. The summed E-state index contributed by atoms with van der Waals surface area (Å²) in [5.74, 6) is -0.0961. The number of pyridine rings is 1. The van der Waals surface area contributed by atoms with E-state index in [4.69, 9.17) is 0 Å². The zero-order valence-electron chi connectivity index (χ0n) is 16.5. The highest BCUT2D eigenvalue weighted by molar-refractivity contribution is 5.92. The van der Waals surface area contributed by atoms with Crippen molar-refractivity contribution >= 4 is 11.7 Å². The zero-order valence-corrected chi connectivity index (χ0v) is 16.5. The summed E-state index contributed by atoms with van der Waals surface area (Å²) in [6.45, 7) is 2.01. The molecule has 0 unspecified atom stereocenters. The fraction of sp³-hybridized carbons (Fsp3) is 0.450. The van der Waals surface area contributed by atoms with Gasteiger partial charge in [0.05, 0.1) is 6.42 Å². The average Bonchev–Trinajstić information content (AvgIpc) is 3.49. The Morgan fingerprint density at radius 1 is 1.17 bits per heavy atom. The Morgan fingerprint density at radius 2 is 1.90 bits per heavy atom. The van der Waals surface area contributed by atoms with Gasteiger partial charge in [-0.3, -0.25) is 9.59 Å². The largest absolute Gasteiger partial charge is 0.468 e. The molecule has 160 valence electrons. The molecule has 1 aliphatic rings. The highest BCUT2D eigenvalue weighted by Crippen LogP contribution is 2.30. The minimum Gasteiger partial charge on any atom is -0.468 e. The summed E-state index contributed by atoms with van der Waals surface area (Å²) in [6.07, 6.45) is -2.55. The van der Waals surface area contributed by atoms with Crippen molar-refractivity contribution in [3.05, 3.63) is 46.7 Å². The Morgan fingerprint density at radius 3 is 2.53 bits per heavy atom. The first kappa shape index (κ1) is 21.7. The van der Waals surface area contributed by atoms with Gasteiger partial charge in [0.25, 0.3) is 5.91 Å². The van der Waals surface area contributed by atoms with Crippen LogP contribution in [0.5, 0.6) is 5.88 Å². The molecule has 1 aliphatic carbocycles. The molecule has 0 saturated heterocycles. The number of nitrogens with one attached hydrogen (secondary N) is 1. The minimum absolute atomic E-state index is 0.0847.